The van der Waals surface area contributed by atoms with Gasteiger partial charge in [-0.3, -0.25) is 10.1 Å². The van der Waals surface area contributed by atoms with Crippen molar-refractivity contribution in [3.05, 3.63) is 65.7 Å². The van der Waals surface area contributed by atoms with Crippen LogP contribution in [0.25, 0.3) is 0 Å². The number of rotatable bonds is 7. The first-order chi connectivity index (χ1) is 22.0. The molecule has 0 bridgehead atoms. The van der Waals surface area contributed by atoms with Crippen molar-refractivity contribution in [3.63, 3.8) is 0 Å². The number of nitrogens with one attached hydrogen (secondary N) is 2. The number of benzene rings is 2. The van der Waals surface area contributed by atoms with Crippen molar-refractivity contribution in [3.8, 4) is 0 Å². The van der Waals surface area contributed by atoms with Crippen molar-refractivity contribution in [1.29, 1.82) is 0 Å². The molecule has 48 heavy (non-hydrogen) atoms. The first-order valence-electron chi connectivity index (χ1n) is 16.4. The van der Waals surface area contributed by atoms with E-state index in [2.05, 4.69) is 31.4 Å². The van der Waals surface area contributed by atoms with Crippen molar-refractivity contribution in [2.45, 2.75) is 116 Å². The summed E-state index contributed by atoms with van der Waals surface area (Å²) in [7, 11) is -2.69. The number of amides is 3. The standard InChI is InChI=1S/C36H53N3O8Si/c1-33(2,3)45-31(42)37-27-20-18-26(19-21-27)30(41)44-36(47-48(10,11)35(7,8)9)22-15-23-39(32(43)46-34(4,5)6)24-28(36)38-29(40)25-16-13-12-14-17-25/h12-14,16-21,28H,15,22-24H2,1-11H3,(H,37,42)(H,38,40)/t28-,36-/m1/s1. The molecule has 0 aromatic heterocycles. The zero-order valence-electron chi connectivity index (χ0n) is 30.3. The summed E-state index contributed by atoms with van der Waals surface area (Å²) < 4.78 is 24.5. The van der Waals surface area contributed by atoms with Gasteiger partial charge in [0.25, 0.3) is 5.91 Å². The van der Waals surface area contributed by atoms with E-state index < -0.39 is 55.4 Å². The molecule has 264 valence electrons. The van der Waals surface area contributed by atoms with Crippen LogP contribution in [0.2, 0.25) is 18.1 Å². The van der Waals surface area contributed by atoms with Crippen molar-refractivity contribution in [1.82, 2.24) is 10.2 Å². The Hall–Kier alpha value is -3.90. The third kappa shape index (κ3) is 10.8. The minimum Gasteiger partial charge on any atom is -0.444 e. The smallest absolute Gasteiger partial charge is 0.412 e. The molecule has 0 unspecified atom stereocenters. The summed E-state index contributed by atoms with van der Waals surface area (Å²) in [4.78, 5) is 54.8. The van der Waals surface area contributed by atoms with Crippen LogP contribution in [0.5, 0.6) is 0 Å². The molecular formula is C36H53N3O8Si. The predicted molar refractivity (Wildman–Crippen MR) is 187 cm³/mol. The van der Waals surface area contributed by atoms with Crippen LogP contribution in [-0.2, 0) is 18.6 Å². The summed E-state index contributed by atoms with van der Waals surface area (Å²) in [5.41, 5.74) is -0.354. The maximum atomic E-state index is 14.0. The van der Waals surface area contributed by atoms with Crippen LogP contribution in [0.1, 0.15) is 95.9 Å². The largest absolute Gasteiger partial charge is 0.444 e. The third-order valence-corrected chi connectivity index (χ3v) is 12.6. The van der Waals surface area contributed by atoms with Gasteiger partial charge < -0.3 is 28.9 Å². The molecule has 2 aromatic carbocycles. The van der Waals surface area contributed by atoms with Crippen LogP contribution in [0, 0.1) is 0 Å². The number of ether oxygens (including phenoxy) is 3. The van der Waals surface area contributed by atoms with Crippen LogP contribution in [-0.4, -0.2) is 73.4 Å². The van der Waals surface area contributed by atoms with Gasteiger partial charge >= 0.3 is 18.2 Å². The maximum Gasteiger partial charge on any atom is 0.412 e. The number of esters is 1. The zero-order valence-corrected chi connectivity index (χ0v) is 31.3. The average molecular weight is 684 g/mol. The van der Waals surface area contributed by atoms with Crippen molar-refractivity contribution < 1.29 is 37.8 Å². The Balaban J connectivity index is 2.04. The van der Waals surface area contributed by atoms with Gasteiger partial charge in [-0.1, -0.05) is 39.0 Å². The van der Waals surface area contributed by atoms with E-state index in [0.29, 0.717) is 24.2 Å². The first kappa shape index (κ1) is 38.5. The highest BCUT2D eigenvalue weighted by Crippen LogP contribution is 2.43. The van der Waals surface area contributed by atoms with Gasteiger partial charge in [0.05, 0.1) is 12.1 Å². The first-order valence-corrected chi connectivity index (χ1v) is 19.3. The predicted octanol–water partition coefficient (Wildman–Crippen LogP) is 7.74. The van der Waals surface area contributed by atoms with Crippen molar-refractivity contribution in [2.75, 3.05) is 18.4 Å². The molecule has 0 aliphatic carbocycles. The van der Waals surface area contributed by atoms with Gasteiger partial charge in [0.1, 0.15) is 17.2 Å². The van der Waals surface area contributed by atoms with E-state index in [4.69, 9.17) is 18.6 Å². The molecule has 11 nitrogen and oxygen atoms in total. The molecule has 2 atom stereocenters. The zero-order chi connectivity index (χ0) is 36.1. The van der Waals surface area contributed by atoms with E-state index in [1.807, 2.05) is 19.2 Å². The highest BCUT2D eigenvalue weighted by Gasteiger charge is 2.53. The summed E-state index contributed by atoms with van der Waals surface area (Å²) >= 11 is 0. The van der Waals surface area contributed by atoms with Gasteiger partial charge in [-0.05, 0) is 102 Å². The molecule has 0 saturated carbocycles. The Morgan fingerprint density at radius 2 is 1.40 bits per heavy atom. The highest BCUT2D eigenvalue weighted by atomic mass is 28.4. The van der Waals surface area contributed by atoms with Crippen LogP contribution in [0.3, 0.4) is 0 Å². The van der Waals surface area contributed by atoms with Crippen LogP contribution in [0.4, 0.5) is 15.3 Å². The minimum atomic E-state index is -2.69. The van der Waals surface area contributed by atoms with Crippen LogP contribution in [0.15, 0.2) is 54.6 Å². The fourth-order valence-electron chi connectivity index (χ4n) is 4.80. The molecule has 1 aliphatic rings. The molecular weight excluding hydrogens is 630 g/mol. The van der Waals surface area contributed by atoms with Crippen LogP contribution >= 0.6 is 0 Å². The number of carbonyl (C=O) groups excluding carboxylic acids is 4. The lowest BCUT2D eigenvalue weighted by Gasteiger charge is -2.47. The number of hydrogen-bond acceptors (Lipinski definition) is 8. The van der Waals surface area contributed by atoms with Gasteiger partial charge in [-0.25, -0.2) is 14.4 Å². The lowest BCUT2D eigenvalue weighted by Crippen LogP contribution is -2.64. The van der Waals surface area contributed by atoms with Crippen LogP contribution < -0.4 is 10.6 Å². The van der Waals surface area contributed by atoms with Gasteiger partial charge in [-0.2, -0.15) is 0 Å². The second-order valence-electron chi connectivity index (χ2n) is 15.7. The average Bonchev–Trinajstić information content (AvgIpc) is 3.10. The maximum absolute atomic E-state index is 14.0. The third-order valence-electron chi connectivity index (χ3n) is 8.15. The Labute approximate surface area is 286 Å². The second kappa shape index (κ2) is 14.7. The molecule has 1 fully saturated rings. The van der Waals surface area contributed by atoms with Crippen molar-refractivity contribution in [2.24, 2.45) is 0 Å². The van der Waals surface area contributed by atoms with E-state index in [-0.39, 0.29) is 23.6 Å². The molecule has 3 rings (SSSR count). The molecule has 12 heteroatoms. The lowest BCUT2D eigenvalue weighted by molar-refractivity contribution is -0.174. The second-order valence-corrected chi connectivity index (χ2v) is 20.4. The van der Waals surface area contributed by atoms with E-state index >= 15 is 0 Å². The van der Waals surface area contributed by atoms with Gasteiger partial charge in [-0.15, -0.1) is 0 Å². The number of hydrogen-bond donors (Lipinski definition) is 2. The Bertz CT molecular complexity index is 1440. The quantitative estimate of drug-likeness (QED) is 0.131. The monoisotopic (exact) mass is 683 g/mol. The fraction of sp³-hybridized carbons (Fsp3) is 0.556. The minimum absolute atomic E-state index is 0.0197. The molecule has 0 spiro atoms. The molecule has 2 aromatic rings. The lowest BCUT2D eigenvalue weighted by atomic mass is 10.0. The SMILES string of the molecule is CC(C)(C)OC(=O)Nc1ccc(C(=O)O[C@@]2(O[Si](C)(C)C(C)(C)C)CCCN(C(=O)OC(C)(C)C)C[C@H]2NC(=O)c2ccccc2)cc1. The molecule has 1 heterocycles. The van der Waals surface area contributed by atoms with E-state index in [0.717, 1.165) is 0 Å². The molecule has 1 saturated heterocycles. The number of nitrogens with zero attached hydrogens (tertiary/aromatic N) is 1. The number of anilines is 1. The Kier molecular flexibility index (Phi) is 11.8. The Morgan fingerprint density at radius 3 is 1.94 bits per heavy atom. The van der Waals surface area contributed by atoms with Gasteiger partial charge in [0, 0.05) is 24.2 Å². The van der Waals surface area contributed by atoms with Gasteiger partial charge in [0.2, 0.25) is 5.79 Å². The highest BCUT2D eigenvalue weighted by molar-refractivity contribution is 6.74. The van der Waals surface area contributed by atoms with E-state index in [1.54, 1.807) is 77.9 Å². The topological polar surface area (TPSA) is 132 Å². The summed E-state index contributed by atoms with van der Waals surface area (Å²) in [6.45, 7) is 21.3. The summed E-state index contributed by atoms with van der Waals surface area (Å²) in [6, 6.07) is 14.0. The molecule has 2 N–H and O–H groups in total. The Morgan fingerprint density at radius 1 is 0.812 bits per heavy atom. The molecule has 0 radical (unpaired) electrons. The van der Waals surface area contributed by atoms with E-state index in [1.165, 1.54) is 17.0 Å². The molecule has 1 aliphatic heterocycles. The number of carbonyl (C=O) groups is 4. The molecule has 3 amide bonds. The van der Waals surface area contributed by atoms with E-state index in [9.17, 15) is 19.2 Å². The summed E-state index contributed by atoms with van der Waals surface area (Å²) in [5.74, 6) is -2.71. The van der Waals surface area contributed by atoms with Crippen molar-refractivity contribution >= 4 is 38.1 Å². The fourth-order valence-corrected chi connectivity index (χ4v) is 6.25. The summed E-state index contributed by atoms with van der Waals surface area (Å²) in [6.07, 6.45) is -0.534. The van der Waals surface area contributed by atoms with Gasteiger partial charge in [0.15, 0.2) is 8.32 Å². The normalized spacial score (nSPS) is 19.1. The summed E-state index contributed by atoms with van der Waals surface area (Å²) in [5, 5.41) is 5.43. The number of likely N-dealkylation sites (tertiary alicyclic amines) is 1.